The van der Waals surface area contributed by atoms with Gasteiger partial charge in [0.2, 0.25) is 0 Å². The second-order valence-corrected chi connectivity index (χ2v) is 6.54. The molecule has 4 nitrogen and oxygen atoms in total. The summed E-state index contributed by atoms with van der Waals surface area (Å²) in [5, 5.41) is 5.03. The maximum Gasteiger partial charge on any atom is 0.317 e. The molecule has 0 atom stereocenters. The molecule has 1 fully saturated rings. The van der Waals surface area contributed by atoms with Crippen molar-refractivity contribution in [2.24, 2.45) is 0 Å². The second kappa shape index (κ2) is 7.46. The van der Waals surface area contributed by atoms with E-state index in [1.54, 1.807) is 23.5 Å². The van der Waals surface area contributed by atoms with Gasteiger partial charge in [0.1, 0.15) is 5.82 Å². The first kappa shape index (κ1) is 15.8. The summed E-state index contributed by atoms with van der Waals surface area (Å²) in [6, 6.07) is 10.6. The fraction of sp³-hybridized carbons (Fsp3) is 0.353. The molecule has 1 aliphatic rings. The van der Waals surface area contributed by atoms with E-state index in [1.165, 1.54) is 17.0 Å². The fourth-order valence-corrected chi connectivity index (χ4v) is 3.39. The van der Waals surface area contributed by atoms with Crippen molar-refractivity contribution < 1.29 is 9.18 Å². The van der Waals surface area contributed by atoms with Crippen molar-refractivity contribution in [2.75, 3.05) is 37.6 Å². The van der Waals surface area contributed by atoms with Gasteiger partial charge in [0, 0.05) is 43.3 Å². The van der Waals surface area contributed by atoms with Crippen molar-refractivity contribution in [3.8, 4) is 0 Å². The van der Waals surface area contributed by atoms with Gasteiger partial charge >= 0.3 is 6.03 Å². The molecule has 3 rings (SSSR count). The molecule has 1 aromatic carbocycles. The van der Waals surface area contributed by atoms with E-state index in [1.807, 2.05) is 16.3 Å². The number of rotatable bonds is 4. The first-order valence-electron chi connectivity index (χ1n) is 7.78. The molecule has 0 bridgehead atoms. The Balaban J connectivity index is 1.43. The quantitative estimate of drug-likeness (QED) is 0.934. The van der Waals surface area contributed by atoms with Crippen LogP contribution in [-0.2, 0) is 6.42 Å². The Morgan fingerprint density at radius 3 is 2.52 bits per heavy atom. The zero-order valence-corrected chi connectivity index (χ0v) is 13.7. The van der Waals surface area contributed by atoms with E-state index in [0.717, 1.165) is 25.2 Å². The highest BCUT2D eigenvalue weighted by molar-refractivity contribution is 7.09. The Bertz CT molecular complexity index is 622. The van der Waals surface area contributed by atoms with Crippen LogP contribution in [0.15, 0.2) is 41.8 Å². The van der Waals surface area contributed by atoms with Crippen LogP contribution in [0.5, 0.6) is 0 Å². The van der Waals surface area contributed by atoms with Gasteiger partial charge in [0.25, 0.3) is 0 Å². The molecule has 1 saturated heterocycles. The Labute approximate surface area is 139 Å². The number of amides is 2. The molecule has 0 unspecified atom stereocenters. The molecule has 23 heavy (non-hydrogen) atoms. The molecule has 1 aliphatic heterocycles. The number of halogens is 1. The number of benzene rings is 1. The van der Waals surface area contributed by atoms with E-state index in [9.17, 15) is 9.18 Å². The number of thiophene rings is 1. The molecule has 2 heterocycles. The van der Waals surface area contributed by atoms with E-state index >= 15 is 0 Å². The molecule has 1 N–H and O–H groups in total. The SMILES string of the molecule is O=C(NCCc1cccs1)N1CCN(c2ccc(F)cc2)CC1. The van der Waals surface area contributed by atoms with Crippen LogP contribution in [0.3, 0.4) is 0 Å². The summed E-state index contributed by atoms with van der Waals surface area (Å²) < 4.78 is 13.0. The molecule has 1 aromatic heterocycles. The van der Waals surface area contributed by atoms with Crippen molar-refractivity contribution in [1.29, 1.82) is 0 Å². The van der Waals surface area contributed by atoms with Gasteiger partial charge in [-0.3, -0.25) is 0 Å². The normalized spacial score (nSPS) is 14.8. The largest absolute Gasteiger partial charge is 0.368 e. The Kier molecular flexibility index (Phi) is 5.12. The van der Waals surface area contributed by atoms with E-state index < -0.39 is 0 Å². The molecule has 0 spiro atoms. The number of hydrogen-bond acceptors (Lipinski definition) is 3. The lowest BCUT2D eigenvalue weighted by molar-refractivity contribution is 0.194. The lowest BCUT2D eigenvalue weighted by Crippen LogP contribution is -2.52. The summed E-state index contributed by atoms with van der Waals surface area (Å²) in [5.41, 5.74) is 1.00. The third kappa shape index (κ3) is 4.22. The van der Waals surface area contributed by atoms with Crippen molar-refractivity contribution in [1.82, 2.24) is 10.2 Å². The first-order chi connectivity index (χ1) is 11.2. The van der Waals surface area contributed by atoms with Crippen molar-refractivity contribution in [3.05, 3.63) is 52.5 Å². The maximum absolute atomic E-state index is 13.0. The van der Waals surface area contributed by atoms with Crippen LogP contribution >= 0.6 is 11.3 Å². The van der Waals surface area contributed by atoms with Gasteiger partial charge in [-0.25, -0.2) is 9.18 Å². The van der Waals surface area contributed by atoms with E-state index in [2.05, 4.69) is 16.3 Å². The minimum atomic E-state index is -0.225. The first-order valence-corrected chi connectivity index (χ1v) is 8.66. The minimum absolute atomic E-state index is 0.000289. The Morgan fingerprint density at radius 1 is 1.13 bits per heavy atom. The van der Waals surface area contributed by atoms with Crippen LogP contribution in [0.25, 0.3) is 0 Å². The van der Waals surface area contributed by atoms with Crippen LogP contribution in [0.4, 0.5) is 14.9 Å². The highest BCUT2D eigenvalue weighted by Crippen LogP contribution is 2.17. The van der Waals surface area contributed by atoms with Gasteiger partial charge in [-0.2, -0.15) is 0 Å². The standard InChI is InChI=1S/C17H20FN3OS/c18-14-3-5-15(6-4-14)20-9-11-21(12-10-20)17(22)19-8-7-16-2-1-13-23-16/h1-6,13H,7-12H2,(H,19,22). The maximum atomic E-state index is 13.0. The summed E-state index contributed by atoms with van der Waals surface area (Å²) in [6.07, 6.45) is 0.874. The highest BCUT2D eigenvalue weighted by atomic mass is 32.1. The summed E-state index contributed by atoms with van der Waals surface area (Å²) >= 11 is 1.71. The molecule has 2 aromatic rings. The third-order valence-electron chi connectivity index (χ3n) is 3.99. The number of carbonyl (C=O) groups excluding carboxylic acids is 1. The lowest BCUT2D eigenvalue weighted by atomic mass is 10.2. The number of urea groups is 1. The average molecular weight is 333 g/mol. The molecule has 0 aliphatic carbocycles. The predicted octanol–water partition coefficient (Wildman–Crippen LogP) is 2.96. The molecule has 122 valence electrons. The Morgan fingerprint density at radius 2 is 1.87 bits per heavy atom. The number of hydrogen-bond donors (Lipinski definition) is 1. The van der Waals surface area contributed by atoms with Gasteiger partial charge in [-0.1, -0.05) is 6.07 Å². The highest BCUT2D eigenvalue weighted by Gasteiger charge is 2.20. The smallest absolute Gasteiger partial charge is 0.317 e. The van der Waals surface area contributed by atoms with Gasteiger partial charge < -0.3 is 15.1 Å². The monoisotopic (exact) mass is 333 g/mol. The van der Waals surface area contributed by atoms with Crippen LogP contribution in [0.1, 0.15) is 4.88 Å². The van der Waals surface area contributed by atoms with Crippen molar-refractivity contribution >= 4 is 23.1 Å². The van der Waals surface area contributed by atoms with Gasteiger partial charge in [0.05, 0.1) is 0 Å². The number of anilines is 1. The fourth-order valence-electron chi connectivity index (χ4n) is 2.68. The van der Waals surface area contributed by atoms with Gasteiger partial charge in [0.15, 0.2) is 0 Å². The third-order valence-corrected chi connectivity index (χ3v) is 4.92. The van der Waals surface area contributed by atoms with Crippen LogP contribution in [0, 0.1) is 5.82 Å². The van der Waals surface area contributed by atoms with Gasteiger partial charge in [-0.15, -0.1) is 11.3 Å². The zero-order valence-electron chi connectivity index (χ0n) is 12.9. The van der Waals surface area contributed by atoms with Crippen LogP contribution in [0.2, 0.25) is 0 Å². The zero-order chi connectivity index (χ0) is 16.1. The summed E-state index contributed by atoms with van der Waals surface area (Å²) in [6.45, 7) is 3.57. The molecular formula is C17H20FN3OS. The van der Waals surface area contributed by atoms with E-state index in [4.69, 9.17) is 0 Å². The number of nitrogens with one attached hydrogen (secondary N) is 1. The average Bonchev–Trinajstić information content (AvgIpc) is 3.09. The molecule has 0 saturated carbocycles. The number of piperazine rings is 1. The predicted molar refractivity (Wildman–Crippen MR) is 91.6 cm³/mol. The summed E-state index contributed by atoms with van der Waals surface area (Å²) in [7, 11) is 0. The van der Waals surface area contributed by atoms with E-state index in [0.29, 0.717) is 19.6 Å². The molecule has 0 radical (unpaired) electrons. The van der Waals surface area contributed by atoms with Crippen molar-refractivity contribution in [2.45, 2.75) is 6.42 Å². The topological polar surface area (TPSA) is 35.6 Å². The second-order valence-electron chi connectivity index (χ2n) is 5.51. The summed E-state index contributed by atoms with van der Waals surface area (Å²) in [4.78, 5) is 17.5. The van der Waals surface area contributed by atoms with E-state index in [-0.39, 0.29) is 11.8 Å². The lowest BCUT2D eigenvalue weighted by Gasteiger charge is -2.36. The number of carbonyl (C=O) groups is 1. The number of nitrogens with zero attached hydrogens (tertiary/aromatic N) is 2. The Hall–Kier alpha value is -2.08. The van der Waals surface area contributed by atoms with Crippen LogP contribution in [-0.4, -0.2) is 43.7 Å². The van der Waals surface area contributed by atoms with Crippen molar-refractivity contribution in [3.63, 3.8) is 0 Å². The minimum Gasteiger partial charge on any atom is -0.368 e. The van der Waals surface area contributed by atoms with Crippen LogP contribution < -0.4 is 10.2 Å². The van der Waals surface area contributed by atoms with Gasteiger partial charge in [-0.05, 0) is 42.1 Å². The molecule has 2 amide bonds. The molecular weight excluding hydrogens is 313 g/mol. The summed E-state index contributed by atoms with van der Waals surface area (Å²) in [5.74, 6) is -0.225. The molecule has 6 heteroatoms.